The summed E-state index contributed by atoms with van der Waals surface area (Å²) in [7, 11) is 0. The van der Waals surface area contributed by atoms with E-state index in [1.54, 1.807) is 36.4 Å². The van der Waals surface area contributed by atoms with Gasteiger partial charge >= 0.3 is 0 Å². The number of carbonyl (C=O) groups excluding carboxylic acids is 1. The molecule has 0 aliphatic rings. The molecule has 2 aromatic carbocycles. The highest BCUT2D eigenvalue weighted by Gasteiger charge is 2.09. The number of hydrogen-bond donors (Lipinski definition) is 4. The molecule has 0 fully saturated rings. The fraction of sp³-hybridized carbons (Fsp3) is 0.133. The molecule has 0 bridgehead atoms. The van der Waals surface area contributed by atoms with E-state index in [1.807, 2.05) is 0 Å². The van der Waals surface area contributed by atoms with E-state index in [2.05, 4.69) is 0 Å². The molecule has 0 atom stereocenters. The van der Waals surface area contributed by atoms with Crippen molar-refractivity contribution in [3.8, 4) is 11.5 Å². The minimum Gasteiger partial charge on any atom is -0.483 e. The molecule has 116 valence electrons. The average molecular weight is 302 g/mol. The van der Waals surface area contributed by atoms with Gasteiger partial charge in [0.2, 0.25) is 5.78 Å². The normalized spacial score (nSPS) is 10.2. The van der Waals surface area contributed by atoms with E-state index in [-0.39, 0.29) is 19.0 Å². The first kappa shape index (κ1) is 15.3. The maximum absolute atomic E-state index is 11.8. The zero-order chi connectivity index (χ0) is 16.1. The number of benzene rings is 2. The van der Waals surface area contributed by atoms with Gasteiger partial charge in [0.25, 0.3) is 0 Å². The Balaban J connectivity index is 1.88. The Morgan fingerprint density at radius 1 is 0.773 bits per heavy atom. The van der Waals surface area contributed by atoms with Gasteiger partial charge in [-0.15, -0.1) is 0 Å². The van der Waals surface area contributed by atoms with Crippen LogP contribution in [0.15, 0.2) is 36.4 Å². The number of nitrogens with two attached hydrogens (primary N) is 4. The zero-order valence-corrected chi connectivity index (χ0v) is 11.9. The number of ether oxygens (including phenoxy) is 2. The first-order valence-electron chi connectivity index (χ1n) is 6.53. The van der Waals surface area contributed by atoms with Crippen molar-refractivity contribution >= 4 is 28.5 Å². The molecule has 7 heteroatoms. The molecule has 0 aliphatic carbocycles. The number of ketones is 1. The largest absolute Gasteiger partial charge is 0.483 e. The van der Waals surface area contributed by atoms with Gasteiger partial charge in [-0.05, 0) is 24.3 Å². The van der Waals surface area contributed by atoms with Gasteiger partial charge in [-0.2, -0.15) is 0 Å². The molecule has 8 N–H and O–H groups in total. The first-order valence-corrected chi connectivity index (χ1v) is 6.53. The van der Waals surface area contributed by atoms with Gasteiger partial charge in [0, 0.05) is 23.5 Å². The lowest BCUT2D eigenvalue weighted by Crippen LogP contribution is -2.20. The summed E-state index contributed by atoms with van der Waals surface area (Å²) in [5.74, 6) is 0.442. The molecule has 0 radical (unpaired) electrons. The highest BCUT2D eigenvalue weighted by molar-refractivity contribution is 5.82. The molecule has 0 aromatic heterocycles. The second kappa shape index (κ2) is 6.57. The molecule has 0 unspecified atom stereocenters. The van der Waals surface area contributed by atoms with Crippen LogP contribution < -0.4 is 32.4 Å². The van der Waals surface area contributed by atoms with Gasteiger partial charge < -0.3 is 32.4 Å². The number of anilines is 4. The summed E-state index contributed by atoms with van der Waals surface area (Å²) in [6.45, 7) is -0.369. The van der Waals surface area contributed by atoms with Crippen LogP contribution in [-0.4, -0.2) is 19.0 Å². The van der Waals surface area contributed by atoms with Crippen molar-refractivity contribution < 1.29 is 14.3 Å². The number of Topliss-reactive ketones (excluding diaryl/α,β-unsaturated/α-hetero) is 1. The third-order valence-electron chi connectivity index (χ3n) is 2.85. The Bertz CT molecular complexity index is 631. The molecule has 7 nitrogen and oxygen atoms in total. The van der Waals surface area contributed by atoms with Gasteiger partial charge in [0.1, 0.15) is 11.5 Å². The molecule has 0 amide bonds. The van der Waals surface area contributed by atoms with Crippen molar-refractivity contribution in [3.63, 3.8) is 0 Å². The van der Waals surface area contributed by atoms with E-state index in [0.29, 0.717) is 34.2 Å². The van der Waals surface area contributed by atoms with E-state index in [1.165, 1.54) is 0 Å². The topological polar surface area (TPSA) is 140 Å². The van der Waals surface area contributed by atoms with Crippen LogP contribution in [0, 0.1) is 0 Å². The lowest BCUT2D eigenvalue weighted by Gasteiger charge is -2.11. The minimum atomic E-state index is -0.274. The summed E-state index contributed by atoms with van der Waals surface area (Å²) in [4.78, 5) is 11.8. The highest BCUT2D eigenvalue weighted by Crippen LogP contribution is 2.25. The fourth-order valence-electron chi connectivity index (χ4n) is 1.71. The molecular weight excluding hydrogens is 284 g/mol. The molecule has 2 aromatic rings. The van der Waals surface area contributed by atoms with Gasteiger partial charge in [0.15, 0.2) is 13.2 Å². The maximum atomic E-state index is 11.8. The molecule has 2 rings (SSSR count). The predicted octanol–water partition coefficient (Wildman–Crippen LogP) is 1.04. The van der Waals surface area contributed by atoms with Crippen molar-refractivity contribution in [2.24, 2.45) is 0 Å². The maximum Gasteiger partial charge on any atom is 0.207 e. The van der Waals surface area contributed by atoms with Crippen LogP contribution >= 0.6 is 0 Å². The highest BCUT2D eigenvalue weighted by atomic mass is 16.5. The van der Waals surface area contributed by atoms with Crippen LogP contribution in [-0.2, 0) is 4.79 Å². The smallest absolute Gasteiger partial charge is 0.207 e. The summed E-state index contributed by atoms with van der Waals surface area (Å²) in [6, 6.07) is 9.63. The van der Waals surface area contributed by atoms with Crippen molar-refractivity contribution in [2.45, 2.75) is 0 Å². The van der Waals surface area contributed by atoms with Crippen molar-refractivity contribution in [1.82, 2.24) is 0 Å². The number of nitrogen functional groups attached to an aromatic ring is 4. The minimum absolute atomic E-state index is 0.185. The Kier molecular flexibility index (Phi) is 4.57. The van der Waals surface area contributed by atoms with Crippen LogP contribution in [0.2, 0.25) is 0 Å². The summed E-state index contributed by atoms with van der Waals surface area (Å²) in [5, 5.41) is 0. The molecule has 0 aliphatic heterocycles. The molecule has 0 spiro atoms. The SMILES string of the molecule is Nc1ccc(N)c(OCC(=O)COc2cc(N)ccc2N)c1. The van der Waals surface area contributed by atoms with Crippen LogP contribution in [0.5, 0.6) is 11.5 Å². The Morgan fingerprint density at radius 3 is 1.59 bits per heavy atom. The Morgan fingerprint density at radius 2 is 1.18 bits per heavy atom. The van der Waals surface area contributed by atoms with Gasteiger partial charge in [-0.25, -0.2) is 0 Å². The number of carbonyl (C=O) groups is 1. The fourth-order valence-corrected chi connectivity index (χ4v) is 1.71. The zero-order valence-electron chi connectivity index (χ0n) is 11.9. The van der Waals surface area contributed by atoms with E-state index in [0.717, 1.165) is 0 Å². The first-order chi connectivity index (χ1) is 10.5. The third-order valence-corrected chi connectivity index (χ3v) is 2.85. The summed E-state index contributed by atoms with van der Waals surface area (Å²) in [5.41, 5.74) is 24.5. The van der Waals surface area contributed by atoms with Crippen LogP contribution in [0.1, 0.15) is 0 Å². The molecule has 0 heterocycles. The molecule has 0 saturated heterocycles. The van der Waals surface area contributed by atoms with Gasteiger partial charge in [-0.1, -0.05) is 0 Å². The quantitative estimate of drug-likeness (QED) is 0.584. The van der Waals surface area contributed by atoms with Crippen LogP contribution in [0.25, 0.3) is 0 Å². The lowest BCUT2D eigenvalue weighted by molar-refractivity contribution is -0.122. The summed E-state index contributed by atoms with van der Waals surface area (Å²) < 4.78 is 10.7. The Hall–Kier alpha value is -3.09. The third kappa shape index (κ3) is 3.95. The summed E-state index contributed by atoms with van der Waals surface area (Å²) >= 11 is 0. The van der Waals surface area contributed by atoms with E-state index < -0.39 is 0 Å². The number of hydrogen-bond acceptors (Lipinski definition) is 7. The standard InChI is InChI=1S/C15H18N4O3/c16-9-1-3-12(18)14(5-9)21-7-11(20)8-22-15-6-10(17)2-4-13(15)19/h1-6H,7-8,16-19H2. The monoisotopic (exact) mass is 302 g/mol. The Labute approximate surface area is 127 Å². The lowest BCUT2D eigenvalue weighted by atomic mass is 10.2. The van der Waals surface area contributed by atoms with Crippen LogP contribution in [0.3, 0.4) is 0 Å². The predicted molar refractivity (Wildman–Crippen MR) is 86.5 cm³/mol. The van der Waals surface area contributed by atoms with Crippen molar-refractivity contribution in [3.05, 3.63) is 36.4 Å². The van der Waals surface area contributed by atoms with E-state index >= 15 is 0 Å². The second-order valence-electron chi connectivity index (χ2n) is 4.71. The van der Waals surface area contributed by atoms with Crippen molar-refractivity contribution in [1.29, 1.82) is 0 Å². The average Bonchev–Trinajstić information content (AvgIpc) is 2.49. The van der Waals surface area contributed by atoms with Crippen LogP contribution in [0.4, 0.5) is 22.7 Å². The van der Waals surface area contributed by atoms with E-state index in [4.69, 9.17) is 32.4 Å². The van der Waals surface area contributed by atoms with E-state index in [9.17, 15) is 4.79 Å². The van der Waals surface area contributed by atoms with Crippen molar-refractivity contribution in [2.75, 3.05) is 36.1 Å². The molecule has 22 heavy (non-hydrogen) atoms. The second-order valence-corrected chi connectivity index (χ2v) is 4.71. The van der Waals surface area contributed by atoms with Gasteiger partial charge in [-0.3, -0.25) is 4.79 Å². The molecular formula is C15H18N4O3. The molecule has 0 saturated carbocycles. The number of rotatable bonds is 6. The van der Waals surface area contributed by atoms with Gasteiger partial charge in [0.05, 0.1) is 11.4 Å². The summed E-state index contributed by atoms with van der Waals surface area (Å²) in [6.07, 6.45) is 0.